The van der Waals surface area contributed by atoms with Crippen LogP contribution in [-0.4, -0.2) is 12.9 Å². The maximum Gasteiger partial charge on any atom is 0.136 e. The first-order chi connectivity index (χ1) is 6.19. The molecule has 1 aromatic carbocycles. The summed E-state index contributed by atoms with van der Waals surface area (Å²) in [4.78, 5) is 0. The Morgan fingerprint density at radius 2 is 2.21 bits per heavy atom. The highest BCUT2D eigenvalue weighted by atomic mass is 35.5. The van der Waals surface area contributed by atoms with Crippen LogP contribution in [0.25, 0.3) is 0 Å². The Morgan fingerprint density at radius 1 is 1.57 bits per heavy atom. The van der Waals surface area contributed by atoms with Crippen molar-refractivity contribution in [2.75, 3.05) is 7.11 Å². The van der Waals surface area contributed by atoms with Crippen molar-refractivity contribution in [3.8, 4) is 11.8 Å². The Morgan fingerprint density at radius 3 is 2.64 bits per heavy atom. The molecule has 0 aliphatic heterocycles. The van der Waals surface area contributed by atoms with Crippen LogP contribution in [0.1, 0.15) is 11.1 Å². The van der Waals surface area contributed by atoms with E-state index in [0.717, 1.165) is 0 Å². The lowest BCUT2D eigenvalue weighted by atomic mass is 10.1. The van der Waals surface area contributed by atoms with E-state index < -0.39 is 0 Å². The molecule has 0 aliphatic rings. The summed E-state index contributed by atoms with van der Waals surface area (Å²) < 4.78 is 4.94. The van der Waals surface area contributed by atoms with E-state index in [-0.39, 0.29) is 18.2 Å². The van der Waals surface area contributed by atoms with Crippen LogP contribution in [0.15, 0.2) is 18.2 Å². The van der Waals surface area contributed by atoms with Crippen LogP contribution in [-0.2, 0) is 0 Å². The van der Waals surface area contributed by atoms with Gasteiger partial charge in [0, 0.05) is 5.56 Å². The zero-order valence-corrected chi connectivity index (χ0v) is 8.39. The first-order valence-electron chi connectivity index (χ1n) is 3.61. The van der Waals surface area contributed by atoms with Crippen molar-refractivity contribution in [2.45, 2.75) is 0 Å². The van der Waals surface area contributed by atoms with Gasteiger partial charge in [0.2, 0.25) is 0 Å². The monoisotopic (exact) mass is 211 g/mol. The Balaban J connectivity index is 0.00000169. The van der Waals surface area contributed by atoms with Gasteiger partial charge in [-0.15, -0.1) is 12.4 Å². The second-order valence-electron chi connectivity index (χ2n) is 2.44. The van der Waals surface area contributed by atoms with Gasteiger partial charge in [0.25, 0.3) is 0 Å². The van der Waals surface area contributed by atoms with E-state index in [1.807, 2.05) is 6.07 Å². The second kappa shape index (κ2) is 5.10. The molecule has 74 valence electrons. The predicted octanol–water partition coefficient (Wildman–Crippen LogP) is 1.27. The van der Waals surface area contributed by atoms with Crippen LogP contribution < -0.4 is 10.5 Å². The van der Waals surface area contributed by atoms with E-state index in [1.54, 1.807) is 12.1 Å². The molecule has 0 bridgehead atoms. The van der Waals surface area contributed by atoms with Crippen LogP contribution in [0.4, 0.5) is 0 Å². The fourth-order valence-corrected chi connectivity index (χ4v) is 0.963. The Labute approximate surface area is 88.2 Å². The van der Waals surface area contributed by atoms with Crippen molar-refractivity contribution in [2.24, 2.45) is 5.73 Å². The van der Waals surface area contributed by atoms with Gasteiger partial charge in [-0.1, -0.05) is 0 Å². The van der Waals surface area contributed by atoms with Crippen LogP contribution in [0.5, 0.6) is 5.75 Å². The standard InChI is InChI=1S/C9H9N3O.ClH/c1-13-8-3-2-6(9(11)12)4-7(8)5-10;/h2-4H,1H3,(H3,11,12);1H. The van der Waals surface area contributed by atoms with Gasteiger partial charge < -0.3 is 10.5 Å². The van der Waals surface area contributed by atoms with E-state index in [9.17, 15) is 0 Å². The maximum absolute atomic E-state index is 8.71. The molecule has 1 rings (SSSR count). The van der Waals surface area contributed by atoms with E-state index >= 15 is 0 Å². The summed E-state index contributed by atoms with van der Waals surface area (Å²) in [6.45, 7) is 0. The molecule has 4 nitrogen and oxygen atoms in total. The molecule has 0 amide bonds. The SMILES string of the molecule is COc1ccc(C(=N)N)cc1C#N.Cl. The first kappa shape index (κ1) is 12.3. The van der Waals surface area contributed by atoms with Crippen molar-refractivity contribution in [3.05, 3.63) is 29.3 Å². The zero-order valence-electron chi connectivity index (χ0n) is 7.57. The third kappa shape index (κ3) is 2.38. The van der Waals surface area contributed by atoms with Crippen LogP contribution in [0.3, 0.4) is 0 Å². The third-order valence-corrected chi connectivity index (χ3v) is 1.63. The average molecular weight is 212 g/mol. The van der Waals surface area contributed by atoms with Gasteiger partial charge >= 0.3 is 0 Å². The number of methoxy groups -OCH3 is 1. The highest BCUT2D eigenvalue weighted by molar-refractivity contribution is 5.95. The fraction of sp³-hybridized carbons (Fsp3) is 0.111. The van der Waals surface area contributed by atoms with Crippen LogP contribution >= 0.6 is 12.4 Å². The minimum absolute atomic E-state index is 0. The number of hydrogen-bond donors (Lipinski definition) is 2. The molecule has 0 saturated heterocycles. The van der Waals surface area contributed by atoms with E-state index in [1.165, 1.54) is 13.2 Å². The molecule has 0 radical (unpaired) electrons. The molecule has 0 spiro atoms. The van der Waals surface area contributed by atoms with Crippen LogP contribution in [0.2, 0.25) is 0 Å². The molecule has 0 aromatic heterocycles. The zero-order chi connectivity index (χ0) is 9.84. The lowest BCUT2D eigenvalue weighted by Crippen LogP contribution is -2.11. The molecule has 0 atom stereocenters. The molecule has 5 heteroatoms. The normalized spacial score (nSPS) is 8.29. The number of rotatable bonds is 2. The van der Waals surface area contributed by atoms with Crippen molar-refractivity contribution in [1.29, 1.82) is 10.7 Å². The van der Waals surface area contributed by atoms with Gasteiger partial charge in [-0.25, -0.2) is 0 Å². The summed E-state index contributed by atoms with van der Waals surface area (Å²) in [5, 5.41) is 15.9. The Kier molecular flexibility index (Phi) is 4.47. The number of hydrogen-bond acceptors (Lipinski definition) is 3. The van der Waals surface area contributed by atoms with E-state index in [4.69, 9.17) is 21.1 Å². The third-order valence-electron chi connectivity index (χ3n) is 1.63. The number of halogens is 1. The van der Waals surface area contributed by atoms with E-state index in [2.05, 4.69) is 0 Å². The maximum atomic E-state index is 8.71. The number of nitrogens with one attached hydrogen (secondary N) is 1. The number of nitrogens with zero attached hydrogens (tertiary/aromatic N) is 1. The van der Waals surface area contributed by atoms with Gasteiger partial charge in [0.05, 0.1) is 12.7 Å². The highest BCUT2D eigenvalue weighted by Crippen LogP contribution is 2.18. The minimum Gasteiger partial charge on any atom is -0.495 e. The van der Waals surface area contributed by atoms with Crippen molar-refractivity contribution in [3.63, 3.8) is 0 Å². The number of amidine groups is 1. The first-order valence-corrected chi connectivity index (χ1v) is 3.61. The highest BCUT2D eigenvalue weighted by Gasteiger charge is 2.04. The predicted molar refractivity (Wildman–Crippen MR) is 56.0 cm³/mol. The molecular formula is C9H10ClN3O. The average Bonchev–Trinajstić information content (AvgIpc) is 2.16. The molecule has 1 aromatic rings. The summed E-state index contributed by atoms with van der Waals surface area (Å²) in [5.41, 5.74) is 6.17. The topological polar surface area (TPSA) is 82.9 Å². The van der Waals surface area contributed by atoms with Gasteiger partial charge in [0.1, 0.15) is 17.7 Å². The van der Waals surface area contributed by atoms with Gasteiger partial charge in [-0.2, -0.15) is 5.26 Å². The van der Waals surface area contributed by atoms with Crippen molar-refractivity contribution < 1.29 is 4.74 Å². The van der Waals surface area contributed by atoms with E-state index in [0.29, 0.717) is 16.9 Å². The summed E-state index contributed by atoms with van der Waals surface area (Å²) in [5.74, 6) is 0.437. The summed E-state index contributed by atoms with van der Waals surface area (Å²) in [7, 11) is 1.49. The Bertz CT molecular complexity index is 384. The number of nitriles is 1. The van der Waals surface area contributed by atoms with Gasteiger partial charge in [0.15, 0.2) is 0 Å². The summed E-state index contributed by atoms with van der Waals surface area (Å²) in [6, 6.07) is 6.75. The van der Waals surface area contributed by atoms with Gasteiger partial charge in [-0.3, -0.25) is 5.41 Å². The van der Waals surface area contributed by atoms with Crippen LogP contribution in [0, 0.1) is 16.7 Å². The molecule has 3 N–H and O–H groups in total. The summed E-state index contributed by atoms with van der Waals surface area (Å²) in [6.07, 6.45) is 0. The smallest absolute Gasteiger partial charge is 0.136 e. The summed E-state index contributed by atoms with van der Waals surface area (Å²) >= 11 is 0. The van der Waals surface area contributed by atoms with Crippen molar-refractivity contribution in [1.82, 2.24) is 0 Å². The lowest BCUT2D eigenvalue weighted by molar-refractivity contribution is 0.413. The number of ether oxygens (including phenoxy) is 1. The quantitative estimate of drug-likeness (QED) is 0.571. The molecule has 14 heavy (non-hydrogen) atoms. The molecule has 0 heterocycles. The second-order valence-corrected chi connectivity index (χ2v) is 2.44. The molecule has 0 fully saturated rings. The van der Waals surface area contributed by atoms with Crippen molar-refractivity contribution >= 4 is 18.2 Å². The lowest BCUT2D eigenvalue weighted by Gasteiger charge is -2.03. The largest absolute Gasteiger partial charge is 0.495 e. The molecule has 0 saturated carbocycles. The minimum atomic E-state index is -0.0563. The molecular weight excluding hydrogens is 202 g/mol. The van der Waals surface area contributed by atoms with Gasteiger partial charge in [-0.05, 0) is 18.2 Å². The Hall–Kier alpha value is -1.73. The fourth-order valence-electron chi connectivity index (χ4n) is 0.963. The number of nitrogens with two attached hydrogens (primary N) is 1. The molecule has 0 unspecified atom stereocenters. The number of nitrogen functional groups attached to an aromatic ring is 1. The number of benzene rings is 1. The molecule has 0 aliphatic carbocycles.